The third kappa shape index (κ3) is 3.02. The molecule has 7 nitrogen and oxygen atoms in total. The Morgan fingerprint density at radius 2 is 1.88 bits per heavy atom. The summed E-state index contributed by atoms with van der Waals surface area (Å²) in [6, 6.07) is 9.96. The number of anilines is 1. The van der Waals surface area contributed by atoms with Gasteiger partial charge >= 0.3 is 0 Å². The van der Waals surface area contributed by atoms with E-state index in [-0.39, 0.29) is 5.91 Å². The average Bonchev–Trinajstić information content (AvgIpc) is 3.21. The van der Waals surface area contributed by atoms with Gasteiger partial charge in [-0.3, -0.25) is 14.2 Å². The van der Waals surface area contributed by atoms with Crippen LogP contribution in [0, 0.1) is 0 Å². The second-order valence-corrected chi connectivity index (χ2v) is 6.66. The minimum absolute atomic E-state index is 0.231. The molecule has 1 aliphatic heterocycles. The molecule has 0 unspecified atom stereocenters. The first-order chi connectivity index (χ1) is 12.1. The Morgan fingerprint density at radius 1 is 1.12 bits per heavy atom. The molecule has 0 bridgehead atoms. The van der Waals surface area contributed by atoms with Crippen molar-refractivity contribution in [2.45, 2.75) is 18.9 Å². The van der Waals surface area contributed by atoms with Crippen molar-refractivity contribution in [3.63, 3.8) is 0 Å². The van der Waals surface area contributed by atoms with Gasteiger partial charge in [-0.25, -0.2) is 0 Å². The fourth-order valence-corrected chi connectivity index (χ4v) is 3.42. The van der Waals surface area contributed by atoms with E-state index in [1.54, 1.807) is 4.68 Å². The minimum atomic E-state index is -0.231. The van der Waals surface area contributed by atoms with Gasteiger partial charge in [0, 0.05) is 24.7 Å². The summed E-state index contributed by atoms with van der Waals surface area (Å²) >= 11 is 0. The van der Waals surface area contributed by atoms with Gasteiger partial charge in [-0.05, 0) is 39.0 Å². The van der Waals surface area contributed by atoms with Crippen molar-refractivity contribution in [2.24, 2.45) is 7.05 Å². The fourth-order valence-electron chi connectivity index (χ4n) is 3.42. The van der Waals surface area contributed by atoms with E-state index in [4.69, 9.17) is 0 Å². The lowest BCUT2D eigenvalue weighted by Crippen LogP contribution is -2.31. The van der Waals surface area contributed by atoms with E-state index < -0.39 is 0 Å². The highest BCUT2D eigenvalue weighted by Gasteiger charge is 2.20. The number of carbonyl (C=O) groups is 1. The van der Waals surface area contributed by atoms with Gasteiger partial charge in [0.05, 0.1) is 11.6 Å². The second-order valence-electron chi connectivity index (χ2n) is 6.66. The molecule has 2 aromatic heterocycles. The van der Waals surface area contributed by atoms with E-state index in [1.165, 1.54) is 0 Å². The van der Waals surface area contributed by atoms with E-state index in [1.807, 2.05) is 48.3 Å². The molecule has 1 saturated heterocycles. The van der Waals surface area contributed by atoms with Crippen LogP contribution in [0.5, 0.6) is 0 Å². The topological polar surface area (TPSA) is 68.0 Å². The lowest BCUT2D eigenvalue weighted by Gasteiger charge is -2.28. The quantitative estimate of drug-likeness (QED) is 0.796. The van der Waals surface area contributed by atoms with Crippen LogP contribution in [0.25, 0.3) is 10.9 Å². The molecule has 3 aromatic rings. The Labute approximate surface area is 146 Å². The van der Waals surface area contributed by atoms with Crippen molar-refractivity contribution >= 4 is 22.6 Å². The molecule has 25 heavy (non-hydrogen) atoms. The first kappa shape index (κ1) is 15.8. The van der Waals surface area contributed by atoms with Crippen LogP contribution in [0.3, 0.4) is 0 Å². The Hall–Kier alpha value is -2.67. The van der Waals surface area contributed by atoms with Crippen LogP contribution in [0.2, 0.25) is 0 Å². The molecule has 1 amide bonds. The zero-order valence-electron chi connectivity index (χ0n) is 14.5. The molecular weight excluding hydrogens is 316 g/mol. The van der Waals surface area contributed by atoms with Gasteiger partial charge in [0.2, 0.25) is 0 Å². The molecule has 0 atom stereocenters. The standard InChI is InChI=1S/C18H22N6O/c1-22-10-7-13(8-11-22)24-12-9-16(20-24)19-18(25)17-14-5-3-4-6-15(14)23(2)21-17/h3-6,9,12-13H,7-8,10-11H2,1-2H3,(H,19,20,25). The highest BCUT2D eigenvalue weighted by atomic mass is 16.2. The molecule has 1 aromatic carbocycles. The number of aryl methyl sites for hydroxylation is 1. The summed E-state index contributed by atoms with van der Waals surface area (Å²) in [7, 11) is 3.98. The van der Waals surface area contributed by atoms with Gasteiger partial charge in [0.1, 0.15) is 0 Å². The van der Waals surface area contributed by atoms with E-state index in [2.05, 4.69) is 27.5 Å². The monoisotopic (exact) mass is 338 g/mol. The van der Waals surface area contributed by atoms with Crippen LogP contribution in [0.1, 0.15) is 29.4 Å². The summed E-state index contributed by atoms with van der Waals surface area (Å²) in [5, 5.41) is 12.6. The van der Waals surface area contributed by atoms with Gasteiger partial charge in [-0.1, -0.05) is 18.2 Å². The van der Waals surface area contributed by atoms with Gasteiger partial charge in [0.15, 0.2) is 11.5 Å². The summed E-state index contributed by atoms with van der Waals surface area (Å²) in [6.45, 7) is 2.15. The molecule has 0 saturated carbocycles. The normalized spacial score (nSPS) is 16.4. The number of hydrogen-bond acceptors (Lipinski definition) is 4. The number of fused-ring (bicyclic) bond motifs is 1. The van der Waals surface area contributed by atoms with Crippen LogP contribution in [0.15, 0.2) is 36.5 Å². The van der Waals surface area contributed by atoms with Crippen LogP contribution in [0.4, 0.5) is 5.82 Å². The zero-order valence-corrected chi connectivity index (χ0v) is 14.5. The molecule has 130 valence electrons. The molecule has 0 aliphatic carbocycles. The smallest absolute Gasteiger partial charge is 0.278 e. The number of likely N-dealkylation sites (tertiary alicyclic amines) is 1. The number of amides is 1. The lowest BCUT2D eigenvalue weighted by molar-refractivity contribution is 0.102. The van der Waals surface area contributed by atoms with Crippen LogP contribution < -0.4 is 5.32 Å². The van der Waals surface area contributed by atoms with Crippen molar-refractivity contribution in [1.82, 2.24) is 24.5 Å². The number of carbonyl (C=O) groups excluding carboxylic acids is 1. The first-order valence-electron chi connectivity index (χ1n) is 8.58. The molecule has 7 heteroatoms. The summed E-state index contributed by atoms with van der Waals surface area (Å²) in [5.74, 6) is 0.337. The Bertz CT molecular complexity index is 903. The summed E-state index contributed by atoms with van der Waals surface area (Å²) in [5.41, 5.74) is 1.36. The van der Waals surface area contributed by atoms with Crippen molar-refractivity contribution in [3.05, 3.63) is 42.2 Å². The SMILES string of the molecule is CN1CCC(n2ccc(NC(=O)c3nn(C)c4ccccc34)n2)CC1. The third-order valence-corrected chi connectivity index (χ3v) is 4.89. The molecule has 1 aliphatic rings. The summed E-state index contributed by atoms with van der Waals surface area (Å²) < 4.78 is 3.69. The van der Waals surface area contributed by atoms with Gasteiger partial charge < -0.3 is 10.2 Å². The van der Waals surface area contributed by atoms with E-state index in [0.717, 1.165) is 36.8 Å². The van der Waals surface area contributed by atoms with Crippen LogP contribution >= 0.6 is 0 Å². The highest BCUT2D eigenvalue weighted by Crippen LogP contribution is 2.22. The van der Waals surface area contributed by atoms with Crippen LogP contribution in [-0.2, 0) is 7.05 Å². The number of rotatable bonds is 3. The molecule has 1 fully saturated rings. The Kier molecular flexibility index (Phi) is 4.01. The number of para-hydroxylation sites is 1. The third-order valence-electron chi connectivity index (χ3n) is 4.89. The zero-order chi connectivity index (χ0) is 17.4. The van der Waals surface area contributed by atoms with Crippen molar-refractivity contribution < 1.29 is 4.79 Å². The van der Waals surface area contributed by atoms with Gasteiger partial charge in [-0.2, -0.15) is 10.2 Å². The predicted molar refractivity (Wildman–Crippen MR) is 96.7 cm³/mol. The number of nitrogens with zero attached hydrogens (tertiary/aromatic N) is 5. The Morgan fingerprint density at radius 3 is 2.68 bits per heavy atom. The second kappa shape index (κ2) is 6.33. The number of aromatic nitrogens is 4. The van der Waals surface area contributed by atoms with Crippen molar-refractivity contribution in [2.75, 3.05) is 25.5 Å². The molecule has 1 N–H and O–H groups in total. The molecule has 0 spiro atoms. The van der Waals surface area contributed by atoms with E-state index in [9.17, 15) is 4.79 Å². The van der Waals surface area contributed by atoms with Gasteiger partial charge in [-0.15, -0.1) is 0 Å². The predicted octanol–water partition coefficient (Wildman–Crippen LogP) is 2.29. The van der Waals surface area contributed by atoms with E-state index in [0.29, 0.717) is 17.6 Å². The summed E-state index contributed by atoms with van der Waals surface area (Å²) in [4.78, 5) is 15.0. The largest absolute Gasteiger partial charge is 0.306 e. The lowest BCUT2D eigenvalue weighted by atomic mass is 10.1. The van der Waals surface area contributed by atoms with Crippen LogP contribution in [-0.4, -0.2) is 50.5 Å². The van der Waals surface area contributed by atoms with Crippen molar-refractivity contribution in [3.8, 4) is 0 Å². The number of piperidine rings is 1. The van der Waals surface area contributed by atoms with Gasteiger partial charge in [0.25, 0.3) is 5.91 Å². The maximum atomic E-state index is 12.6. The van der Waals surface area contributed by atoms with Crippen molar-refractivity contribution in [1.29, 1.82) is 0 Å². The first-order valence-corrected chi connectivity index (χ1v) is 8.58. The summed E-state index contributed by atoms with van der Waals surface area (Å²) in [6.07, 6.45) is 4.11. The van der Waals surface area contributed by atoms with E-state index >= 15 is 0 Å². The Balaban J connectivity index is 1.51. The minimum Gasteiger partial charge on any atom is -0.306 e. The molecular formula is C18H22N6O. The fraction of sp³-hybridized carbons (Fsp3) is 0.389. The number of hydrogen-bond donors (Lipinski definition) is 1. The average molecular weight is 338 g/mol. The number of benzene rings is 1. The molecule has 0 radical (unpaired) electrons. The maximum Gasteiger partial charge on any atom is 0.278 e. The molecule has 3 heterocycles. The maximum absolute atomic E-state index is 12.6. The highest BCUT2D eigenvalue weighted by molar-refractivity contribution is 6.10. The number of nitrogens with one attached hydrogen (secondary N) is 1. The molecule has 4 rings (SSSR count).